The molecule has 1 aromatic carbocycles. The monoisotopic (exact) mass is 275 g/mol. The minimum atomic E-state index is -0.372. The van der Waals surface area contributed by atoms with Gasteiger partial charge in [-0.3, -0.25) is 0 Å². The molecule has 0 aromatic heterocycles. The lowest BCUT2D eigenvalue weighted by Gasteiger charge is -2.29. The molecule has 20 heavy (non-hydrogen) atoms. The van der Waals surface area contributed by atoms with Crippen LogP contribution in [0.15, 0.2) is 18.2 Å². The van der Waals surface area contributed by atoms with Crippen molar-refractivity contribution >= 4 is 0 Å². The fourth-order valence-electron chi connectivity index (χ4n) is 3.34. The summed E-state index contributed by atoms with van der Waals surface area (Å²) in [6.07, 6.45) is 7.64. The van der Waals surface area contributed by atoms with Crippen molar-refractivity contribution in [3.8, 4) is 0 Å². The first-order valence-electron chi connectivity index (χ1n) is 8.03. The molecular formula is C18H29NO. The van der Waals surface area contributed by atoms with Crippen LogP contribution in [0.2, 0.25) is 0 Å². The standard InChI is InChI=1S/C18H29NO/c1-14-10-11-15(2)17(12-14)18(20)13-19(3)16-8-6-4-5-7-9-16/h10-12,16,18,20H,4-9,13H2,1-3H3. The maximum Gasteiger partial charge on any atom is 0.0919 e. The fraction of sp³-hybridized carbons (Fsp3) is 0.667. The van der Waals surface area contributed by atoms with Crippen molar-refractivity contribution in [2.75, 3.05) is 13.6 Å². The van der Waals surface area contributed by atoms with E-state index in [4.69, 9.17) is 0 Å². The van der Waals surface area contributed by atoms with Crippen LogP contribution in [0.25, 0.3) is 0 Å². The predicted octanol–water partition coefficient (Wildman–Crippen LogP) is 3.99. The highest BCUT2D eigenvalue weighted by molar-refractivity contribution is 5.32. The Hall–Kier alpha value is -0.860. The van der Waals surface area contributed by atoms with E-state index in [0.29, 0.717) is 6.04 Å². The van der Waals surface area contributed by atoms with Gasteiger partial charge in [-0.05, 0) is 44.9 Å². The Morgan fingerprint density at radius 1 is 1.15 bits per heavy atom. The molecule has 112 valence electrons. The highest BCUT2D eigenvalue weighted by Crippen LogP contribution is 2.24. The molecule has 1 saturated carbocycles. The molecule has 1 atom stereocenters. The van der Waals surface area contributed by atoms with Crippen molar-refractivity contribution in [1.82, 2.24) is 4.90 Å². The number of hydrogen-bond donors (Lipinski definition) is 1. The normalized spacial score (nSPS) is 19.1. The number of likely N-dealkylation sites (N-methyl/N-ethyl adjacent to an activating group) is 1. The minimum absolute atomic E-state index is 0.372. The van der Waals surface area contributed by atoms with Crippen LogP contribution in [0.3, 0.4) is 0 Å². The van der Waals surface area contributed by atoms with E-state index in [1.54, 1.807) is 0 Å². The lowest BCUT2D eigenvalue weighted by atomic mass is 9.99. The second-order valence-electron chi connectivity index (χ2n) is 6.46. The van der Waals surface area contributed by atoms with Gasteiger partial charge in [-0.25, -0.2) is 0 Å². The van der Waals surface area contributed by atoms with E-state index < -0.39 is 0 Å². The van der Waals surface area contributed by atoms with Crippen molar-refractivity contribution in [3.05, 3.63) is 34.9 Å². The van der Waals surface area contributed by atoms with Gasteiger partial charge in [0.2, 0.25) is 0 Å². The van der Waals surface area contributed by atoms with Crippen molar-refractivity contribution in [3.63, 3.8) is 0 Å². The summed E-state index contributed by atoms with van der Waals surface area (Å²) >= 11 is 0. The largest absolute Gasteiger partial charge is 0.387 e. The third kappa shape index (κ3) is 4.07. The first-order valence-corrected chi connectivity index (χ1v) is 8.03. The number of rotatable bonds is 4. The van der Waals surface area contributed by atoms with Crippen LogP contribution in [0, 0.1) is 13.8 Å². The first kappa shape index (κ1) is 15.5. The molecule has 0 spiro atoms. The molecule has 0 amide bonds. The SMILES string of the molecule is Cc1ccc(C)c(C(O)CN(C)C2CCCCCC2)c1. The molecule has 0 radical (unpaired) electrons. The van der Waals surface area contributed by atoms with Gasteiger partial charge in [-0.2, -0.15) is 0 Å². The first-order chi connectivity index (χ1) is 9.58. The minimum Gasteiger partial charge on any atom is -0.387 e. The number of aliphatic hydroxyl groups excluding tert-OH is 1. The summed E-state index contributed by atoms with van der Waals surface area (Å²) < 4.78 is 0. The quantitative estimate of drug-likeness (QED) is 0.840. The van der Waals surface area contributed by atoms with E-state index >= 15 is 0 Å². The molecule has 1 fully saturated rings. The highest BCUT2D eigenvalue weighted by Gasteiger charge is 2.20. The summed E-state index contributed by atoms with van der Waals surface area (Å²) in [5, 5.41) is 10.6. The molecule has 1 aromatic rings. The summed E-state index contributed by atoms with van der Waals surface area (Å²) in [6, 6.07) is 7.00. The number of benzene rings is 1. The zero-order valence-electron chi connectivity index (χ0n) is 13.2. The van der Waals surface area contributed by atoms with Crippen LogP contribution in [0.5, 0.6) is 0 Å². The summed E-state index contributed by atoms with van der Waals surface area (Å²) in [5.74, 6) is 0. The Kier molecular flexibility index (Phi) is 5.62. The Bertz CT molecular complexity index is 421. The van der Waals surface area contributed by atoms with Gasteiger partial charge in [0.15, 0.2) is 0 Å². The Morgan fingerprint density at radius 2 is 1.80 bits per heavy atom. The van der Waals surface area contributed by atoms with Crippen molar-refractivity contribution in [2.24, 2.45) is 0 Å². The molecule has 1 aliphatic carbocycles. The van der Waals surface area contributed by atoms with Crippen LogP contribution in [-0.4, -0.2) is 29.6 Å². The summed E-state index contributed by atoms with van der Waals surface area (Å²) in [7, 11) is 2.17. The summed E-state index contributed by atoms with van der Waals surface area (Å²) in [4.78, 5) is 2.37. The number of aliphatic hydroxyl groups is 1. The predicted molar refractivity (Wildman–Crippen MR) is 85.0 cm³/mol. The molecule has 0 bridgehead atoms. The van der Waals surface area contributed by atoms with Gasteiger partial charge in [0.25, 0.3) is 0 Å². The molecule has 1 unspecified atom stereocenters. The van der Waals surface area contributed by atoms with E-state index in [0.717, 1.165) is 12.1 Å². The van der Waals surface area contributed by atoms with Crippen molar-refractivity contribution in [1.29, 1.82) is 0 Å². The van der Waals surface area contributed by atoms with Crippen molar-refractivity contribution in [2.45, 2.75) is 64.5 Å². The zero-order valence-corrected chi connectivity index (χ0v) is 13.2. The second kappa shape index (κ2) is 7.24. The van der Waals surface area contributed by atoms with Crippen LogP contribution < -0.4 is 0 Å². The van der Waals surface area contributed by atoms with Crippen LogP contribution in [0.4, 0.5) is 0 Å². The van der Waals surface area contributed by atoms with Gasteiger partial charge in [0.1, 0.15) is 0 Å². The fourth-order valence-corrected chi connectivity index (χ4v) is 3.34. The molecule has 0 heterocycles. The highest BCUT2D eigenvalue weighted by atomic mass is 16.3. The molecule has 2 nitrogen and oxygen atoms in total. The van der Waals surface area contributed by atoms with Gasteiger partial charge >= 0.3 is 0 Å². The molecule has 1 aliphatic rings. The molecule has 1 N–H and O–H groups in total. The second-order valence-corrected chi connectivity index (χ2v) is 6.46. The maximum atomic E-state index is 10.6. The maximum absolute atomic E-state index is 10.6. The van der Waals surface area contributed by atoms with Gasteiger partial charge < -0.3 is 10.0 Å². The lowest BCUT2D eigenvalue weighted by Crippen LogP contribution is -2.34. The summed E-state index contributed by atoms with van der Waals surface area (Å²) in [5.41, 5.74) is 3.50. The van der Waals surface area contributed by atoms with Gasteiger partial charge in [-0.1, -0.05) is 49.4 Å². The lowest BCUT2D eigenvalue weighted by molar-refractivity contribution is 0.0986. The van der Waals surface area contributed by atoms with Crippen LogP contribution in [0.1, 0.15) is 61.3 Å². The van der Waals surface area contributed by atoms with Gasteiger partial charge in [0, 0.05) is 12.6 Å². The number of hydrogen-bond acceptors (Lipinski definition) is 2. The van der Waals surface area contributed by atoms with E-state index in [2.05, 4.69) is 44.0 Å². The average Bonchev–Trinajstić information content (AvgIpc) is 2.70. The van der Waals surface area contributed by atoms with E-state index in [-0.39, 0.29) is 6.10 Å². The smallest absolute Gasteiger partial charge is 0.0919 e. The zero-order chi connectivity index (χ0) is 14.5. The molecular weight excluding hydrogens is 246 g/mol. The van der Waals surface area contributed by atoms with E-state index in [1.165, 1.54) is 49.7 Å². The molecule has 0 saturated heterocycles. The molecule has 0 aliphatic heterocycles. The van der Waals surface area contributed by atoms with Crippen LogP contribution in [-0.2, 0) is 0 Å². The third-order valence-electron chi connectivity index (χ3n) is 4.70. The van der Waals surface area contributed by atoms with Crippen molar-refractivity contribution < 1.29 is 5.11 Å². The number of aryl methyl sites for hydroxylation is 2. The Labute approximate surface area is 123 Å². The Morgan fingerprint density at radius 3 is 2.45 bits per heavy atom. The number of nitrogens with zero attached hydrogens (tertiary/aromatic N) is 1. The Balaban J connectivity index is 1.99. The third-order valence-corrected chi connectivity index (χ3v) is 4.70. The van der Waals surface area contributed by atoms with Gasteiger partial charge in [0.05, 0.1) is 6.10 Å². The van der Waals surface area contributed by atoms with Crippen LogP contribution >= 0.6 is 0 Å². The van der Waals surface area contributed by atoms with E-state index in [1.807, 2.05) is 0 Å². The summed E-state index contributed by atoms with van der Waals surface area (Å²) in [6.45, 7) is 4.92. The molecule has 2 rings (SSSR count). The topological polar surface area (TPSA) is 23.5 Å². The molecule has 2 heteroatoms. The average molecular weight is 275 g/mol. The van der Waals surface area contributed by atoms with Gasteiger partial charge in [-0.15, -0.1) is 0 Å². The van der Waals surface area contributed by atoms with E-state index in [9.17, 15) is 5.11 Å².